The largest absolute Gasteiger partial charge is 0.416 e. The highest BCUT2D eigenvalue weighted by Gasteiger charge is 2.30. The third kappa shape index (κ3) is 2.61. The number of halogens is 3. The maximum Gasteiger partial charge on any atom is 0.416 e. The Morgan fingerprint density at radius 3 is 2.65 bits per heavy atom. The second kappa shape index (κ2) is 4.31. The summed E-state index contributed by atoms with van der Waals surface area (Å²) in [7, 11) is 0. The van der Waals surface area contributed by atoms with Crippen molar-refractivity contribution in [1.29, 1.82) is 0 Å². The molecular formula is C12H11F3OS. The SMILES string of the molecule is CC(O)Cc1csc2ccc(C(F)(F)F)cc12. The number of alkyl halides is 3. The van der Waals surface area contributed by atoms with Gasteiger partial charge >= 0.3 is 6.18 Å². The van der Waals surface area contributed by atoms with E-state index in [0.717, 1.165) is 22.4 Å². The monoisotopic (exact) mass is 260 g/mol. The summed E-state index contributed by atoms with van der Waals surface area (Å²) in [5.74, 6) is 0. The quantitative estimate of drug-likeness (QED) is 0.869. The topological polar surface area (TPSA) is 20.2 Å². The Hall–Kier alpha value is -1.07. The summed E-state index contributed by atoms with van der Waals surface area (Å²) in [6.07, 6.45) is -4.50. The van der Waals surface area contributed by atoms with Gasteiger partial charge in [-0.2, -0.15) is 13.2 Å². The molecule has 1 atom stereocenters. The second-order valence-corrected chi connectivity index (χ2v) is 4.93. The van der Waals surface area contributed by atoms with Gasteiger partial charge in [-0.25, -0.2) is 0 Å². The van der Waals surface area contributed by atoms with Crippen molar-refractivity contribution < 1.29 is 18.3 Å². The predicted molar refractivity (Wildman–Crippen MR) is 62.2 cm³/mol. The van der Waals surface area contributed by atoms with Crippen LogP contribution in [0.25, 0.3) is 10.1 Å². The Bertz CT molecular complexity index is 528. The van der Waals surface area contributed by atoms with Gasteiger partial charge in [0, 0.05) is 4.70 Å². The lowest BCUT2D eigenvalue weighted by molar-refractivity contribution is -0.137. The van der Waals surface area contributed by atoms with Gasteiger partial charge in [-0.15, -0.1) is 11.3 Å². The Morgan fingerprint density at radius 2 is 2.06 bits per heavy atom. The first-order valence-electron chi connectivity index (χ1n) is 5.13. The number of aliphatic hydroxyl groups excluding tert-OH is 1. The molecule has 2 rings (SSSR count). The molecule has 0 saturated heterocycles. The number of aliphatic hydroxyl groups is 1. The van der Waals surface area contributed by atoms with Gasteiger partial charge in [0.15, 0.2) is 0 Å². The molecule has 0 radical (unpaired) electrons. The molecule has 0 aliphatic rings. The van der Waals surface area contributed by atoms with E-state index in [9.17, 15) is 18.3 Å². The van der Waals surface area contributed by atoms with Gasteiger partial charge in [0.05, 0.1) is 11.7 Å². The van der Waals surface area contributed by atoms with E-state index in [1.807, 2.05) is 0 Å². The average Bonchev–Trinajstić information content (AvgIpc) is 2.59. The van der Waals surface area contributed by atoms with Crippen molar-refractivity contribution in [2.24, 2.45) is 0 Å². The van der Waals surface area contributed by atoms with E-state index in [-0.39, 0.29) is 0 Å². The molecular weight excluding hydrogens is 249 g/mol. The molecule has 92 valence electrons. The summed E-state index contributed by atoms with van der Waals surface area (Å²) in [6.45, 7) is 1.62. The molecule has 2 aromatic rings. The van der Waals surface area contributed by atoms with Gasteiger partial charge in [-0.1, -0.05) is 0 Å². The molecule has 1 nitrogen and oxygen atoms in total. The smallest absolute Gasteiger partial charge is 0.393 e. The highest BCUT2D eigenvalue weighted by atomic mass is 32.1. The highest BCUT2D eigenvalue weighted by Crippen LogP contribution is 2.34. The van der Waals surface area contributed by atoms with Gasteiger partial charge in [0.2, 0.25) is 0 Å². The summed E-state index contributed by atoms with van der Waals surface area (Å²) >= 11 is 1.40. The molecule has 1 aromatic heterocycles. The minimum Gasteiger partial charge on any atom is -0.393 e. The number of fused-ring (bicyclic) bond motifs is 1. The Labute approximate surface area is 101 Å². The van der Waals surface area contributed by atoms with Gasteiger partial charge in [-0.05, 0) is 47.9 Å². The van der Waals surface area contributed by atoms with Crippen molar-refractivity contribution in [3.8, 4) is 0 Å². The van der Waals surface area contributed by atoms with Crippen molar-refractivity contribution in [3.05, 3.63) is 34.7 Å². The molecule has 0 spiro atoms. The van der Waals surface area contributed by atoms with Crippen LogP contribution in [0.4, 0.5) is 13.2 Å². The van der Waals surface area contributed by atoms with Crippen LogP contribution in [-0.4, -0.2) is 11.2 Å². The zero-order chi connectivity index (χ0) is 12.6. The van der Waals surface area contributed by atoms with Crippen molar-refractivity contribution in [3.63, 3.8) is 0 Å². The lowest BCUT2D eigenvalue weighted by Gasteiger charge is -2.07. The first-order valence-corrected chi connectivity index (χ1v) is 6.01. The van der Waals surface area contributed by atoms with Gasteiger partial charge in [-0.3, -0.25) is 0 Å². The summed E-state index contributed by atoms with van der Waals surface area (Å²) in [5.41, 5.74) is 0.126. The molecule has 1 heterocycles. The van der Waals surface area contributed by atoms with Crippen LogP contribution in [0.2, 0.25) is 0 Å². The molecule has 17 heavy (non-hydrogen) atoms. The zero-order valence-corrected chi connectivity index (χ0v) is 9.90. The van der Waals surface area contributed by atoms with Crippen molar-refractivity contribution >= 4 is 21.4 Å². The molecule has 0 aliphatic heterocycles. The molecule has 1 unspecified atom stereocenters. The molecule has 1 aromatic carbocycles. The number of rotatable bonds is 2. The van der Waals surface area contributed by atoms with Crippen molar-refractivity contribution in [2.75, 3.05) is 0 Å². The number of hydrogen-bond donors (Lipinski definition) is 1. The second-order valence-electron chi connectivity index (χ2n) is 4.02. The summed E-state index contributed by atoms with van der Waals surface area (Å²) in [6, 6.07) is 3.73. The van der Waals surface area contributed by atoms with Crippen LogP contribution in [0, 0.1) is 0 Å². The molecule has 1 N–H and O–H groups in total. The van der Waals surface area contributed by atoms with Crippen LogP contribution in [0.1, 0.15) is 18.1 Å². The van der Waals surface area contributed by atoms with Crippen LogP contribution >= 0.6 is 11.3 Å². The minimum absolute atomic E-state index is 0.376. The number of thiophene rings is 1. The normalized spacial score (nSPS) is 14.2. The molecule has 0 saturated carbocycles. The summed E-state index contributed by atoms with van der Waals surface area (Å²) in [5, 5.41) is 11.7. The average molecular weight is 260 g/mol. The molecule has 0 amide bonds. The predicted octanol–water partition coefficient (Wildman–Crippen LogP) is 3.84. The van der Waals surface area contributed by atoms with Gasteiger partial charge in [0.1, 0.15) is 0 Å². The summed E-state index contributed by atoms with van der Waals surface area (Å²) in [4.78, 5) is 0. The van der Waals surface area contributed by atoms with Crippen molar-refractivity contribution in [1.82, 2.24) is 0 Å². The van der Waals surface area contributed by atoms with E-state index < -0.39 is 17.8 Å². The minimum atomic E-state index is -4.32. The van der Waals surface area contributed by atoms with E-state index in [1.165, 1.54) is 17.4 Å². The van der Waals surface area contributed by atoms with E-state index >= 15 is 0 Å². The summed E-state index contributed by atoms with van der Waals surface area (Å²) < 4.78 is 38.5. The van der Waals surface area contributed by atoms with Gasteiger partial charge < -0.3 is 5.11 Å². The van der Waals surface area contributed by atoms with Crippen LogP contribution in [0.3, 0.4) is 0 Å². The fourth-order valence-electron chi connectivity index (χ4n) is 1.73. The van der Waals surface area contributed by atoms with E-state index in [1.54, 1.807) is 12.3 Å². The molecule has 0 aliphatic carbocycles. The lowest BCUT2D eigenvalue weighted by Crippen LogP contribution is -2.05. The first-order chi connectivity index (χ1) is 7.88. The third-order valence-electron chi connectivity index (χ3n) is 2.50. The highest BCUT2D eigenvalue weighted by molar-refractivity contribution is 7.17. The van der Waals surface area contributed by atoms with Gasteiger partial charge in [0.25, 0.3) is 0 Å². The lowest BCUT2D eigenvalue weighted by atomic mass is 10.1. The number of benzene rings is 1. The number of hydrogen-bond acceptors (Lipinski definition) is 2. The van der Waals surface area contributed by atoms with Crippen LogP contribution < -0.4 is 0 Å². The molecule has 5 heteroatoms. The maximum absolute atomic E-state index is 12.6. The third-order valence-corrected chi connectivity index (χ3v) is 3.51. The Morgan fingerprint density at radius 1 is 1.35 bits per heavy atom. The van der Waals surface area contributed by atoms with Crippen LogP contribution in [-0.2, 0) is 12.6 Å². The Balaban J connectivity index is 2.50. The Kier molecular flexibility index (Phi) is 3.14. The van der Waals surface area contributed by atoms with Crippen molar-refractivity contribution in [2.45, 2.75) is 25.6 Å². The maximum atomic E-state index is 12.6. The van der Waals surface area contributed by atoms with Crippen LogP contribution in [0.5, 0.6) is 0 Å². The van der Waals surface area contributed by atoms with E-state index in [4.69, 9.17) is 0 Å². The fraction of sp³-hybridized carbons (Fsp3) is 0.333. The first kappa shape index (κ1) is 12.4. The van der Waals surface area contributed by atoms with E-state index in [2.05, 4.69) is 0 Å². The zero-order valence-electron chi connectivity index (χ0n) is 9.08. The molecule has 0 fully saturated rings. The van der Waals surface area contributed by atoms with E-state index in [0.29, 0.717) is 11.8 Å². The standard InChI is InChI=1S/C12H11F3OS/c1-7(16)4-8-6-17-11-3-2-9(5-10(8)11)12(13,14)15/h2-3,5-7,16H,4H2,1H3. The fourth-order valence-corrected chi connectivity index (χ4v) is 2.69. The molecule has 0 bridgehead atoms. The van der Waals surface area contributed by atoms with Crippen LogP contribution in [0.15, 0.2) is 23.6 Å².